The number of ether oxygens (including phenoxy) is 3. The number of esters is 1. The van der Waals surface area contributed by atoms with Crippen LogP contribution in [0.15, 0.2) is 24.3 Å². The molecule has 21 heavy (non-hydrogen) atoms. The maximum absolute atomic E-state index is 11.9. The van der Waals surface area contributed by atoms with E-state index in [1.165, 1.54) is 38.5 Å². The molecule has 8 heteroatoms. The molecule has 0 saturated heterocycles. The second kappa shape index (κ2) is 6.42. The lowest BCUT2D eigenvalue weighted by molar-refractivity contribution is 0.0716. The maximum Gasteiger partial charge on any atom is 0.345 e. The van der Waals surface area contributed by atoms with Gasteiger partial charge in [0.1, 0.15) is 6.29 Å². The summed E-state index contributed by atoms with van der Waals surface area (Å²) >= 11 is 0. The fraction of sp³-hybridized carbons (Fsp3) is 0.154. The summed E-state index contributed by atoms with van der Waals surface area (Å²) in [6.45, 7) is 0. The van der Waals surface area contributed by atoms with Gasteiger partial charge >= 0.3 is 24.0 Å². The van der Waals surface area contributed by atoms with Crippen molar-refractivity contribution in [1.82, 2.24) is 15.0 Å². The van der Waals surface area contributed by atoms with Crippen molar-refractivity contribution < 1.29 is 23.8 Å². The van der Waals surface area contributed by atoms with Crippen LogP contribution >= 0.6 is 0 Å². The molecule has 0 atom stereocenters. The first-order valence-electron chi connectivity index (χ1n) is 5.77. The Balaban J connectivity index is 2.19. The second-order valence-corrected chi connectivity index (χ2v) is 3.72. The van der Waals surface area contributed by atoms with E-state index >= 15 is 0 Å². The van der Waals surface area contributed by atoms with Crippen LogP contribution in [0.2, 0.25) is 0 Å². The van der Waals surface area contributed by atoms with Gasteiger partial charge in [-0.2, -0.15) is 0 Å². The number of hydrogen-bond donors (Lipinski definition) is 0. The van der Waals surface area contributed by atoms with Gasteiger partial charge in [-0.3, -0.25) is 4.79 Å². The van der Waals surface area contributed by atoms with Crippen molar-refractivity contribution in [3.63, 3.8) is 0 Å². The van der Waals surface area contributed by atoms with Crippen LogP contribution in [0.1, 0.15) is 20.7 Å². The average molecular weight is 289 g/mol. The van der Waals surface area contributed by atoms with Crippen LogP contribution in [0.25, 0.3) is 0 Å². The Hall–Kier alpha value is -3.03. The van der Waals surface area contributed by atoms with Crippen LogP contribution in [0.4, 0.5) is 0 Å². The Kier molecular flexibility index (Phi) is 4.39. The molecule has 0 saturated carbocycles. The Morgan fingerprint density at radius 3 is 1.95 bits per heavy atom. The number of nitrogens with zero attached hydrogens (tertiary/aromatic N) is 3. The molecule has 0 amide bonds. The highest BCUT2D eigenvalue weighted by Gasteiger charge is 2.14. The fourth-order valence-corrected chi connectivity index (χ4v) is 1.39. The highest BCUT2D eigenvalue weighted by atomic mass is 16.6. The van der Waals surface area contributed by atoms with Crippen molar-refractivity contribution in [3.05, 3.63) is 35.4 Å². The van der Waals surface area contributed by atoms with Crippen LogP contribution in [0.5, 0.6) is 18.0 Å². The van der Waals surface area contributed by atoms with Crippen molar-refractivity contribution in [2.45, 2.75) is 0 Å². The molecule has 0 N–H and O–H groups in total. The van der Waals surface area contributed by atoms with E-state index in [0.717, 1.165) is 0 Å². The quantitative estimate of drug-likeness (QED) is 0.591. The molecule has 2 rings (SSSR count). The summed E-state index contributed by atoms with van der Waals surface area (Å²) in [6, 6.07) is 5.59. The molecular formula is C13H11N3O5. The molecule has 108 valence electrons. The summed E-state index contributed by atoms with van der Waals surface area (Å²) in [5, 5.41) is 0. The van der Waals surface area contributed by atoms with Crippen LogP contribution < -0.4 is 14.2 Å². The minimum Gasteiger partial charge on any atom is -0.467 e. The number of aldehydes is 1. The largest absolute Gasteiger partial charge is 0.467 e. The van der Waals surface area contributed by atoms with E-state index in [1.807, 2.05) is 0 Å². The lowest BCUT2D eigenvalue weighted by Crippen LogP contribution is -2.12. The smallest absolute Gasteiger partial charge is 0.345 e. The van der Waals surface area contributed by atoms with Crippen molar-refractivity contribution in [3.8, 4) is 18.0 Å². The Bertz CT molecular complexity index is 635. The van der Waals surface area contributed by atoms with Crippen molar-refractivity contribution in [2.75, 3.05) is 14.2 Å². The highest BCUT2D eigenvalue weighted by Crippen LogP contribution is 2.15. The highest BCUT2D eigenvalue weighted by molar-refractivity contribution is 5.91. The molecule has 1 heterocycles. The standard InChI is InChI=1S/C13H11N3O5/c1-19-11-14-12(20-2)16-13(15-11)21-10(18)9-5-3-8(7-17)4-6-9/h3-7H,1-2H3. The molecule has 0 fully saturated rings. The number of rotatable bonds is 5. The molecule has 1 aromatic carbocycles. The second-order valence-electron chi connectivity index (χ2n) is 3.72. The third-order valence-corrected chi connectivity index (χ3v) is 2.41. The maximum atomic E-state index is 11.9. The van der Waals surface area contributed by atoms with E-state index in [0.29, 0.717) is 11.8 Å². The molecular weight excluding hydrogens is 278 g/mol. The lowest BCUT2D eigenvalue weighted by atomic mass is 10.1. The van der Waals surface area contributed by atoms with Gasteiger partial charge in [0.25, 0.3) is 0 Å². The molecule has 0 aliphatic rings. The molecule has 8 nitrogen and oxygen atoms in total. The van der Waals surface area contributed by atoms with Gasteiger partial charge in [-0.25, -0.2) is 4.79 Å². The summed E-state index contributed by atoms with van der Waals surface area (Å²) in [6.07, 6.45) is 0.677. The summed E-state index contributed by atoms with van der Waals surface area (Å²) in [4.78, 5) is 33.8. The first kappa shape index (κ1) is 14.4. The van der Waals surface area contributed by atoms with Gasteiger partial charge in [0, 0.05) is 5.56 Å². The molecule has 0 spiro atoms. The van der Waals surface area contributed by atoms with Crippen LogP contribution in [0.3, 0.4) is 0 Å². The number of carbonyl (C=O) groups is 2. The third kappa shape index (κ3) is 3.50. The van der Waals surface area contributed by atoms with E-state index < -0.39 is 5.97 Å². The van der Waals surface area contributed by atoms with Crippen molar-refractivity contribution >= 4 is 12.3 Å². The Morgan fingerprint density at radius 1 is 0.952 bits per heavy atom. The molecule has 0 bridgehead atoms. The normalized spacial score (nSPS) is 9.81. The van der Waals surface area contributed by atoms with Gasteiger partial charge in [0.05, 0.1) is 19.8 Å². The number of aromatic nitrogens is 3. The van der Waals surface area contributed by atoms with Gasteiger partial charge in [-0.05, 0) is 12.1 Å². The Labute approximate surface area is 119 Å². The predicted octanol–water partition coefficient (Wildman–Crippen LogP) is 0.920. The van der Waals surface area contributed by atoms with E-state index in [-0.39, 0.29) is 23.6 Å². The van der Waals surface area contributed by atoms with Crippen LogP contribution in [-0.2, 0) is 0 Å². The molecule has 0 unspecified atom stereocenters. The van der Waals surface area contributed by atoms with Crippen LogP contribution in [-0.4, -0.2) is 41.4 Å². The fourth-order valence-electron chi connectivity index (χ4n) is 1.39. The number of carbonyl (C=O) groups excluding carboxylic acids is 2. The summed E-state index contributed by atoms with van der Waals surface area (Å²) in [5.41, 5.74) is 0.703. The van der Waals surface area contributed by atoms with Crippen molar-refractivity contribution in [2.24, 2.45) is 0 Å². The Morgan fingerprint density at radius 2 is 1.48 bits per heavy atom. The van der Waals surface area contributed by atoms with E-state index in [4.69, 9.17) is 14.2 Å². The summed E-state index contributed by atoms with van der Waals surface area (Å²) in [7, 11) is 2.72. The molecule has 0 radical (unpaired) electrons. The third-order valence-electron chi connectivity index (χ3n) is 2.41. The SMILES string of the molecule is COc1nc(OC)nc(OC(=O)c2ccc(C=O)cc2)n1. The van der Waals surface area contributed by atoms with Crippen LogP contribution in [0, 0.1) is 0 Å². The topological polar surface area (TPSA) is 100 Å². The zero-order valence-corrected chi connectivity index (χ0v) is 11.3. The van der Waals surface area contributed by atoms with Gasteiger partial charge in [-0.15, -0.1) is 15.0 Å². The minimum atomic E-state index is -0.678. The van der Waals surface area contributed by atoms with Gasteiger partial charge in [-0.1, -0.05) is 12.1 Å². The predicted molar refractivity (Wildman–Crippen MR) is 69.7 cm³/mol. The average Bonchev–Trinajstić information content (AvgIpc) is 2.54. The number of methoxy groups -OCH3 is 2. The van der Waals surface area contributed by atoms with E-state index in [9.17, 15) is 9.59 Å². The molecule has 1 aromatic heterocycles. The molecule has 2 aromatic rings. The van der Waals surface area contributed by atoms with Crippen molar-refractivity contribution in [1.29, 1.82) is 0 Å². The van der Waals surface area contributed by atoms with Gasteiger partial charge in [0.2, 0.25) is 0 Å². The van der Waals surface area contributed by atoms with E-state index in [1.54, 1.807) is 0 Å². The first-order chi connectivity index (χ1) is 10.2. The van der Waals surface area contributed by atoms with Gasteiger partial charge in [0.15, 0.2) is 0 Å². The summed E-state index contributed by atoms with van der Waals surface area (Å²) in [5.74, 6) is -0.678. The number of benzene rings is 1. The lowest BCUT2D eigenvalue weighted by Gasteiger charge is -2.05. The first-order valence-corrected chi connectivity index (χ1v) is 5.77. The number of hydrogen-bond acceptors (Lipinski definition) is 8. The zero-order valence-electron chi connectivity index (χ0n) is 11.3. The summed E-state index contributed by atoms with van der Waals surface area (Å²) < 4.78 is 14.7. The molecule has 0 aliphatic carbocycles. The minimum absolute atomic E-state index is 0.0408. The molecule has 0 aliphatic heterocycles. The monoisotopic (exact) mass is 289 g/mol. The zero-order chi connectivity index (χ0) is 15.2. The van der Waals surface area contributed by atoms with Gasteiger partial charge < -0.3 is 14.2 Å². The van der Waals surface area contributed by atoms with E-state index in [2.05, 4.69) is 15.0 Å².